The van der Waals surface area contributed by atoms with E-state index >= 15 is 0 Å². The first-order valence-electron chi connectivity index (χ1n) is 9.03. The van der Waals surface area contributed by atoms with Crippen molar-refractivity contribution < 1.29 is 0 Å². The predicted molar refractivity (Wildman–Crippen MR) is 97.5 cm³/mol. The Kier molecular flexibility index (Phi) is 8.23. The number of piperidine rings is 1. The van der Waals surface area contributed by atoms with Gasteiger partial charge in [-0.15, -0.1) is 0 Å². The van der Waals surface area contributed by atoms with Crippen LogP contribution in [0.25, 0.3) is 0 Å². The Morgan fingerprint density at radius 3 is 2.32 bits per heavy atom. The standard InChI is InChI=1S/C18H38N4/c1-15(2)22-13-9-16(10-14-22)21-17(19-6)20-12-8-7-11-18(3,4)5/h15-16H,7-14H2,1-6H3,(H2,19,20,21). The Hall–Kier alpha value is -0.770. The van der Waals surface area contributed by atoms with Crippen molar-refractivity contribution in [2.75, 3.05) is 26.7 Å². The molecule has 0 unspecified atom stereocenters. The van der Waals surface area contributed by atoms with Gasteiger partial charge in [-0.25, -0.2) is 0 Å². The summed E-state index contributed by atoms with van der Waals surface area (Å²) in [6.07, 6.45) is 6.20. The minimum atomic E-state index is 0.449. The fourth-order valence-corrected chi connectivity index (χ4v) is 2.94. The van der Waals surface area contributed by atoms with Gasteiger partial charge in [-0.3, -0.25) is 4.99 Å². The van der Waals surface area contributed by atoms with Crippen LogP contribution in [0.3, 0.4) is 0 Å². The Balaban J connectivity index is 2.18. The van der Waals surface area contributed by atoms with Crippen LogP contribution in [-0.4, -0.2) is 49.6 Å². The molecule has 0 spiro atoms. The number of hydrogen-bond acceptors (Lipinski definition) is 2. The summed E-state index contributed by atoms with van der Waals surface area (Å²) in [6, 6.07) is 1.23. The van der Waals surface area contributed by atoms with Gasteiger partial charge in [0.2, 0.25) is 0 Å². The SMILES string of the molecule is CN=C(NCCCCC(C)(C)C)NC1CCN(C(C)C)CC1. The molecule has 0 bridgehead atoms. The minimum absolute atomic E-state index is 0.449. The molecule has 1 saturated heterocycles. The van der Waals surface area contributed by atoms with Crippen LogP contribution in [0.5, 0.6) is 0 Å². The van der Waals surface area contributed by atoms with Crippen molar-refractivity contribution in [1.29, 1.82) is 0 Å². The number of unbranched alkanes of at least 4 members (excludes halogenated alkanes) is 1. The molecular weight excluding hydrogens is 272 g/mol. The van der Waals surface area contributed by atoms with E-state index in [-0.39, 0.29) is 0 Å². The highest BCUT2D eigenvalue weighted by atomic mass is 15.2. The van der Waals surface area contributed by atoms with Crippen molar-refractivity contribution in [1.82, 2.24) is 15.5 Å². The summed E-state index contributed by atoms with van der Waals surface area (Å²) in [7, 11) is 1.87. The van der Waals surface area contributed by atoms with Crippen molar-refractivity contribution in [3.63, 3.8) is 0 Å². The normalized spacial score (nSPS) is 18.8. The van der Waals surface area contributed by atoms with Crippen molar-refractivity contribution in [3.05, 3.63) is 0 Å². The molecule has 4 heteroatoms. The smallest absolute Gasteiger partial charge is 0.191 e. The third-order valence-corrected chi connectivity index (χ3v) is 4.47. The first kappa shape index (κ1) is 19.3. The topological polar surface area (TPSA) is 39.7 Å². The molecule has 0 amide bonds. The van der Waals surface area contributed by atoms with Gasteiger partial charge in [-0.2, -0.15) is 0 Å². The molecule has 1 fully saturated rings. The number of likely N-dealkylation sites (tertiary alicyclic amines) is 1. The van der Waals surface area contributed by atoms with E-state index < -0.39 is 0 Å². The van der Waals surface area contributed by atoms with Gasteiger partial charge in [0, 0.05) is 38.8 Å². The van der Waals surface area contributed by atoms with Gasteiger partial charge in [0.1, 0.15) is 0 Å². The van der Waals surface area contributed by atoms with Gasteiger partial charge in [0.05, 0.1) is 0 Å². The van der Waals surface area contributed by atoms with E-state index in [4.69, 9.17) is 0 Å². The highest BCUT2D eigenvalue weighted by Crippen LogP contribution is 2.21. The van der Waals surface area contributed by atoms with Crippen LogP contribution in [0.1, 0.15) is 66.7 Å². The lowest BCUT2D eigenvalue weighted by molar-refractivity contribution is 0.167. The predicted octanol–water partition coefficient (Wildman–Crippen LogP) is 3.24. The monoisotopic (exact) mass is 310 g/mol. The average Bonchev–Trinajstić information content (AvgIpc) is 2.45. The summed E-state index contributed by atoms with van der Waals surface area (Å²) in [5.41, 5.74) is 0.449. The second kappa shape index (κ2) is 9.39. The maximum Gasteiger partial charge on any atom is 0.191 e. The first-order valence-corrected chi connectivity index (χ1v) is 9.03. The van der Waals surface area contributed by atoms with Gasteiger partial charge >= 0.3 is 0 Å². The van der Waals surface area contributed by atoms with E-state index in [1.807, 2.05) is 7.05 Å². The summed E-state index contributed by atoms with van der Waals surface area (Å²) in [5, 5.41) is 7.05. The molecule has 0 aromatic heterocycles. The molecule has 0 aliphatic carbocycles. The lowest BCUT2D eigenvalue weighted by atomic mass is 9.90. The number of guanidine groups is 1. The molecule has 0 aromatic rings. The van der Waals surface area contributed by atoms with Crippen LogP contribution >= 0.6 is 0 Å². The van der Waals surface area contributed by atoms with E-state index in [9.17, 15) is 0 Å². The second-order valence-corrected chi connectivity index (χ2v) is 8.07. The van der Waals surface area contributed by atoms with E-state index in [1.54, 1.807) is 0 Å². The van der Waals surface area contributed by atoms with Gasteiger partial charge < -0.3 is 15.5 Å². The van der Waals surface area contributed by atoms with E-state index in [2.05, 4.69) is 55.1 Å². The largest absolute Gasteiger partial charge is 0.356 e. The van der Waals surface area contributed by atoms with E-state index in [0.717, 1.165) is 12.5 Å². The van der Waals surface area contributed by atoms with Gasteiger partial charge in [0.15, 0.2) is 5.96 Å². The molecule has 2 N–H and O–H groups in total. The van der Waals surface area contributed by atoms with Crippen molar-refractivity contribution in [3.8, 4) is 0 Å². The Labute approximate surface area is 138 Å². The summed E-state index contributed by atoms with van der Waals surface area (Å²) < 4.78 is 0. The van der Waals surface area contributed by atoms with Crippen LogP contribution < -0.4 is 10.6 Å². The first-order chi connectivity index (χ1) is 10.3. The zero-order valence-electron chi connectivity index (χ0n) is 15.7. The Bertz CT molecular complexity index is 322. The maximum atomic E-state index is 4.36. The zero-order chi connectivity index (χ0) is 16.6. The van der Waals surface area contributed by atoms with Gasteiger partial charge in [-0.1, -0.05) is 27.2 Å². The van der Waals surface area contributed by atoms with E-state index in [0.29, 0.717) is 17.5 Å². The summed E-state index contributed by atoms with van der Waals surface area (Å²) in [5.74, 6) is 0.971. The quantitative estimate of drug-likeness (QED) is 0.449. The highest BCUT2D eigenvalue weighted by Gasteiger charge is 2.21. The summed E-state index contributed by atoms with van der Waals surface area (Å²) >= 11 is 0. The van der Waals surface area contributed by atoms with Crippen molar-refractivity contribution in [2.45, 2.75) is 78.8 Å². The second-order valence-electron chi connectivity index (χ2n) is 8.07. The zero-order valence-corrected chi connectivity index (χ0v) is 15.7. The molecule has 1 rings (SSSR count). The van der Waals surface area contributed by atoms with E-state index in [1.165, 1.54) is 45.2 Å². The van der Waals surface area contributed by atoms with Crippen LogP contribution in [-0.2, 0) is 0 Å². The minimum Gasteiger partial charge on any atom is -0.356 e. The lowest BCUT2D eigenvalue weighted by Gasteiger charge is -2.35. The molecule has 4 nitrogen and oxygen atoms in total. The number of nitrogens with one attached hydrogen (secondary N) is 2. The molecule has 0 atom stereocenters. The molecule has 0 aromatic carbocycles. The van der Waals surface area contributed by atoms with Crippen LogP contribution in [0.2, 0.25) is 0 Å². The summed E-state index contributed by atoms with van der Waals surface area (Å²) in [6.45, 7) is 14.9. The Morgan fingerprint density at radius 1 is 1.18 bits per heavy atom. The summed E-state index contributed by atoms with van der Waals surface area (Å²) in [4.78, 5) is 6.92. The highest BCUT2D eigenvalue weighted by molar-refractivity contribution is 5.79. The number of nitrogens with zero attached hydrogens (tertiary/aromatic N) is 2. The average molecular weight is 311 g/mol. The molecule has 130 valence electrons. The van der Waals surface area contributed by atoms with Crippen LogP contribution in [0.15, 0.2) is 4.99 Å². The number of rotatable bonds is 6. The molecular formula is C18H38N4. The Morgan fingerprint density at radius 2 is 1.82 bits per heavy atom. The number of hydrogen-bond donors (Lipinski definition) is 2. The molecule has 1 aliphatic heterocycles. The lowest BCUT2D eigenvalue weighted by Crippen LogP contribution is -2.49. The third-order valence-electron chi connectivity index (χ3n) is 4.47. The van der Waals surface area contributed by atoms with Crippen molar-refractivity contribution in [2.24, 2.45) is 10.4 Å². The van der Waals surface area contributed by atoms with Crippen LogP contribution in [0.4, 0.5) is 0 Å². The maximum absolute atomic E-state index is 4.36. The molecule has 0 saturated carbocycles. The molecule has 0 radical (unpaired) electrons. The third kappa shape index (κ3) is 8.02. The number of aliphatic imine (C=N–C) groups is 1. The van der Waals surface area contributed by atoms with Gasteiger partial charge in [0.25, 0.3) is 0 Å². The molecule has 22 heavy (non-hydrogen) atoms. The molecule has 1 aliphatic rings. The fourth-order valence-electron chi connectivity index (χ4n) is 2.94. The van der Waals surface area contributed by atoms with Crippen molar-refractivity contribution >= 4 is 5.96 Å². The van der Waals surface area contributed by atoms with Gasteiger partial charge in [-0.05, 0) is 44.9 Å². The fraction of sp³-hybridized carbons (Fsp3) is 0.944. The van der Waals surface area contributed by atoms with Crippen LogP contribution in [0, 0.1) is 5.41 Å². The molecule has 1 heterocycles.